The molecule has 12 heteroatoms. The molecule has 0 atom stereocenters. The molecule has 8 rings (SSSR count). The highest BCUT2D eigenvalue weighted by Crippen LogP contribution is 2.50. The second-order valence-electron chi connectivity index (χ2n) is 15.9. The van der Waals surface area contributed by atoms with Crippen LogP contribution >= 0.6 is 34.8 Å². The Morgan fingerprint density at radius 3 is 2.40 bits per heavy atom. The predicted octanol–water partition coefficient (Wildman–Crippen LogP) is 6.13. The van der Waals surface area contributed by atoms with Crippen LogP contribution in [0.4, 0.5) is 5.69 Å². The van der Waals surface area contributed by atoms with Crippen molar-refractivity contribution in [2.75, 3.05) is 69.9 Å². The van der Waals surface area contributed by atoms with Gasteiger partial charge in [-0.25, -0.2) is 4.58 Å². The Hall–Kier alpha value is -3.34. The molecule has 3 aromatic carbocycles. The molecular formula is C45H52Cl3N3O6. The molecule has 0 saturated carbocycles. The number of aryl methyl sites for hydroxylation is 2. The van der Waals surface area contributed by atoms with Crippen LogP contribution in [0, 0.1) is 0 Å². The van der Waals surface area contributed by atoms with E-state index in [0.717, 1.165) is 138 Å². The lowest BCUT2D eigenvalue weighted by Gasteiger charge is -2.36. The van der Waals surface area contributed by atoms with Crippen molar-refractivity contribution in [3.63, 3.8) is 0 Å². The predicted molar refractivity (Wildman–Crippen MR) is 223 cm³/mol. The lowest BCUT2D eigenvalue weighted by molar-refractivity contribution is -0.255. The van der Waals surface area contributed by atoms with Crippen LogP contribution in [0.3, 0.4) is 0 Å². The third kappa shape index (κ3) is 8.16. The number of carboxylic acids is 1. The lowest BCUT2D eigenvalue weighted by Crippen LogP contribution is -2.41. The van der Waals surface area contributed by atoms with Crippen molar-refractivity contribution in [2.45, 2.75) is 89.9 Å². The van der Waals surface area contributed by atoms with Crippen molar-refractivity contribution in [1.29, 1.82) is 0 Å². The second kappa shape index (κ2) is 18.3. The van der Waals surface area contributed by atoms with Crippen molar-refractivity contribution in [3.05, 3.63) is 83.3 Å². The van der Waals surface area contributed by atoms with Crippen molar-refractivity contribution in [2.24, 2.45) is 0 Å². The van der Waals surface area contributed by atoms with Gasteiger partial charge in [-0.3, -0.25) is 4.79 Å². The number of halogens is 3. The number of anilines is 1. The number of ether oxygens (including phenoxy) is 3. The molecule has 0 fully saturated rings. The average Bonchev–Trinajstić information content (AvgIpc) is 3.55. The molecule has 3 aromatic rings. The highest BCUT2D eigenvalue weighted by Gasteiger charge is 2.37. The number of carboxylic acid groups (broad SMARTS) is 1. The number of rotatable bonds is 15. The molecule has 0 saturated heterocycles. The standard InChI is InChI=1S/C45H52Cl3N3O6/c46-15-5-1-2-8-21-55-23-24-56-22-16-49-44(52)34-27-35(47)37(38(39(34)48)45(53)54)36-32-25-28-11-3-6-17-50-19-9-13-30(40(28)50)42(32)57-43-31-14-10-20-51-18-7-4-12-29(41(31)51)26-33(36)43/h25-27H,1-24H2,(H-,49,52,53,54). The minimum atomic E-state index is -1.50. The molecule has 0 unspecified atom stereocenters. The highest BCUT2D eigenvalue weighted by atomic mass is 35.5. The smallest absolute Gasteiger partial charge is 0.252 e. The van der Waals surface area contributed by atoms with E-state index in [1.54, 1.807) is 0 Å². The van der Waals surface area contributed by atoms with Crippen LogP contribution in [0.2, 0.25) is 10.0 Å². The summed E-state index contributed by atoms with van der Waals surface area (Å²) in [5, 5.41) is 18.1. The summed E-state index contributed by atoms with van der Waals surface area (Å²) in [6.07, 6.45) is 14.1. The van der Waals surface area contributed by atoms with E-state index in [9.17, 15) is 14.7 Å². The van der Waals surface area contributed by atoms with E-state index >= 15 is 0 Å². The average molecular weight is 837 g/mol. The maximum absolute atomic E-state index is 13.6. The van der Waals surface area contributed by atoms with Crippen LogP contribution in [-0.2, 0) is 35.2 Å². The van der Waals surface area contributed by atoms with E-state index in [4.69, 9.17) is 49.0 Å². The van der Waals surface area contributed by atoms with E-state index in [0.29, 0.717) is 31.3 Å². The van der Waals surface area contributed by atoms with E-state index in [-0.39, 0.29) is 39.9 Å². The minimum Gasteiger partial charge on any atom is -0.545 e. The van der Waals surface area contributed by atoms with Gasteiger partial charge in [-0.15, -0.1) is 11.6 Å². The maximum atomic E-state index is 13.6. The zero-order valence-corrected chi connectivity index (χ0v) is 34.9. The van der Waals surface area contributed by atoms with Crippen molar-refractivity contribution < 1.29 is 28.9 Å². The molecule has 1 N–H and O–H groups in total. The van der Waals surface area contributed by atoms with Gasteiger partial charge in [0.05, 0.1) is 47.0 Å². The van der Waals surface area contributed by atoms with Crippen LogP contribution in [-0.4, -0.2) is 76.9 Å². The number of nitrogens with zero attached hydrogens (tertiary/aromatic N) is 2. The SMILES string of the molecule is O=C(NCCOCCOCCCCCCCl)c1cc(Cl)c(C2=c3cc4c5c(c3Oc3c2cc2c6c3CCCN6CCCC2)CCC[N+]=5CCCC4)c(C(=O)[O-])c1Cl. The van der Waals surface area contributed by atoms with E-state index in [1.165, 1.54) is 39.4 Å². The summed E-state index contributed by atoms with van der Waals surface area (Å²) in [5.74, 6) is 0.192. The third-order valence-electron chi connectivity index (χ3n) is 12.2. The monoisotopic (exact) mass is 835 g/mol. The van der Waals surface area contributed by atoms with Gasteiger partial charge < -0.3 is 34.3 Å². The van der Waals surface area contributed by atoms with Crippen LogP contribution < -0.4 is 35.2 Å². The van der Waals surface area contributed by atoms with Gasteiger partial charge >= 0.3 is 0 Å². The zero-order chi connectivity index (χ0) is 39.5. The number of amides is 1. The molecule has 0 radical (unpaired) electrons. The molecule has 0 aromatic heterocycles. The summed E-state index contributed by atoms with van der Waals surface area (Å²) in [6.45, 7) is 6.01. The largest absolute Gasteiger partial charge is 0.545 e. The number of carbonyl (C=O) groups is 2. The zero-order valence-electron chi connectivity index (χ0n) is 32.7. The fourth-order valence-corrected chi connectivity index (χ4v) is 10.4. The van der Waals surface area contributed by atoms with E-state index < -0.39 is 11.9 Å². The number of aromatic carboxylic acids is 1. The fraction of sp³-hybridized carbons (Fsp3) is 0.533. The molecule has 57 heavy (non-hydrogen) atoms. The number of carbonyl (C=O) groups excluding carboxylic acids is 2. The fourth-order valence-electron chi connectivity index (χ4n) is 9.63. The third-order valence-corrected chi connectivity index (χ3v) is 13.1. The Bertz CT molecular complexity index is 2190. The molecule has 5 heterocycles. The first-order valence-corrected chi connectivity index (χ1v) is 22.3. The summed E-state index contributed by atoms with van der Waals surface area (Å²) in [5.41, 5.74) is 7.53. The Labute approximate surface area is 349 Å². The molecular weight excluding hydrogens is 785 g/mol. The Morgan fingerprint density at radius 1 is 0.807 bits per heavy atom. The van der Waals surface area contributed by atoms with Gasteiger partial charge in [-0.05, 0) is 88.0 Å². The van der Waals surface area contributed by atoms with Gasteiger partial charge in [0.15, 0.2) is 0 Å². The number of hydrogen-bond acceptors (Lipinski definition) is 7. The lowest BCUT2D eigenvalue weighted by atomic mass is 9.82. The summed E-state index contributed by atoms with van der Waals surface area (Å²) in [7, 11) is 0. The Balaban J connectivity index is 1.17. The highest BCUT2D eigenvalue weighted by molar-refractivity contribution is 6.40. The van der Waals surface area contributed by atoms with Crippen LogP contribution in [0.5, 0.6) is 11.5 Å². The minimum absolute atomic E-state index is 0.0319. The van der Waals surface area contributed by atoms with Crippen molar-refractivity contribution in [3.8, 4) is 11.5 Å². The van der Waals surface area contributed by atoms with E-state index in [2.05, 4.69) is 26.9 Å². The van der Waals surface area contributed by atoms with Gasteiger partial charge in [0.1, 0.15) is 24.6 Å². The number of unbranched alkanes of at least 4 members (excludes halogenated alkanes) is 3. The molecule has 5 aliphatic heterocycles. The summed E-state index contributed by atoms with van der Waals surface area (Å²) >= 11 is 20.0. The molecule has 0 spiro atoms. The molecule has 5 aliphatic rings. The Kier molecular flexibility index (Phi) is 13.0. The van der Waals surface area contributed by atoms with Gasteiger partial charge in [0.25, 0.3) is 5.91 Å². The van der Waals surface area contributed by atoms with Gasteiger partial charge in [-0.2, -0.15) is 0 Å². The van der Waals surface area contributed by atoms with Gasteiger partial charge in [0.2, 0.25) is 5.36 Å². The summed E-state index contributed by atoms with van der Waals surface area (Å²) in [4.78, 5) is 29.4. The van der Waals surface area contributed by atoms with Crippen LogP contribution in [0.15, 0.2) is 18.2 Å². The number of nitrogens with one attached hydrogen (secondary N) is 1. The normalized spacial score (nSPS) is 16.8. The number of hydrogen-bond donors (Lipinski definition) is 1. The molecule has 9 nitrogen and oxygen atoms in total. The van der Waals surface area contributed by atoms with Crippen LogP contribution in [0.1, 0.15) is 118 Å². The maximum Gasteiger partial charge on any atom is 0.252 e. The molecule has 1 amide bonds. The van der Waals surface area contributed by atoms with Crippen molar-refractivity contribution >= 4 is 57.9 Å². The number of benzene rings is 3. The second-order valence-corrected chi connectivity index (χ2v) is 17.1. The molecule has 0 aliphatic carbocycles. The quantitative estimate of drug-likeness (QED) is 0.0874. The topological polar surface area (TPSA) is 103 Å². The first kappa shape index (κ1) is 40.4. The summed E-state index contributed by atoms with van der Waals surface area (Å²) < 4.78 is 21.0. The molecule has 304 valence electrons. The molecule has 0 bridgehead atoms. The van der Waals surface area contributed by atoms with Crippen molar-refractivity contribution in [1.82, 2.24) is 9.89 Å². The van der Waals surface area contributed by atoms with E-state index in [1.807, 2.05) is 0 Å². The number of alkyl halides is 1. The van der Waals surface area contributed by atoms with Crippen LogP contribution in [0.25, 0.3) is 5.57 Å². The Morgan fingerprint density at radius 2 is 1.56 bits per heavy atom. The first-order valence-electron chi connectivity index (χ1n) is 21.0. The first-order chi connectivity index (χ1) is 27.9. The number of fused-ring (bicyclic) bond motifs is 4. The summed E-state index contributed by atoms with van der Waals surface area (Å²) in [6, 6.07) is 5.91. The van der Waals surface area contributed by atoms with Gasteiger partial charge in [-0.1, -0.05) is 36.0 Å². The van der Waals surface area contributed by atoms with Gasteiger partial charge in [0, 0.05) is 89.3 Å².